The summed E-state index contributed by atoms with van der Waals surface area (Å²) >= 11 is 0. The van der Waals surface area contributed by atoms with Gasteiger partial charge in [0.1, 0.15) is 0 Å². The fourth-order valence-corrected chi connectivity index (χ4v) is 8.15. The molecule has 0 aliphatic heterocycles. The minimum absolute atomic E-state index is 0.0729. The zero-order valence-electron chi connectivity index (χ0n) is 29.9. The summed E-state index contributed by atoms with van der Waals surface area (Å²) in [4.78, 5) is 12.8. The highest BCUT2D eigenvalue weighted by Gasteiger charge is 2.28. The Morgan fingerprint density at radius 3 is 0.894 bits per heavy atom. The Labute approximate surface area is 291 Å². The highest BCUT2D eigenvalue weighted by molar-refractivity contribution is 7.97. The van der Waals surface area contributed by atoms with Crippen molar-refractivity contribution in [2.24, 2.45) is 0 Å². The van der Waals surface area contributed by atoms with Crippen molar-refractivity contribution in [1.82, 2.24) is 0 Å². The number of carbonyl (C=O) groups is 1. The van der Waals surface area contributed by atoms with Crippen LogP contribution in [0.1, 0.15) is 153 Å². The number of carboxylic acid groups (broad SMARTS) is 2. The third-order valence-electron chi connectivity index (χ3n) is 8.93. The smallest absolute Gasteiger partial charge is 0.249 e. The average molecular weight is 661 g/mol. The normalized spacial score (nSPS) is 11.0. The number of rotatable bonds is 24. The third-order valence-corrected chi connectivity index (χ3v) is 11.2. The molecule has 0 unspecified atom stereocenters. The first-order valence-electron chi connectivity index (χ1n) is 18.9. The number of benzene rings is 3. The lowest BCUT2D eigenvalue weighted by atomic mass is 10.1. The summed E-state index contributed by atoms with van der Waals surface area (Å²) in [6.45, 7) is 6.89. The van der Waals surface area contributed by atoms with Crippen LogP contribution in [0.5, 0.6) is 0 Å². The van der Waals surface area contributed by atoms with Crippen LogP contribution in [0.3, 0.4) is 0 Å². The van der Waals surface area contributed by atoms with Crippen molar-refractivity contribution in [3.05, 3.63) is 89.5 Å². The first-order chi connectivity index (χ1) is 23.0. The second-order valence-corrected chi connectivity index (χ2v) is 15.1. The molecule has 4 heteroatoms. The molecule has 3 aromatic rings. The molecule has 0 aliphatic carbocycles. The van der Waals surface area contributed by atoms with Crippen molar-refractivity contribution in [2.45, 2.75) is 170 Å². The van der Waals surface area contributed by atoms with Crippen LogP contribution in [-0.4, -0.2) is 11.3 Å². The molecule has 1 N–H and O–H groups in total. The van der Waals surface area contributed by atoms with E-state index in [-0.39, 0.29) is 10.9 Å². The zero-order valence-corrected chi connectivity index (χ0v) is 30.8. The van der Waals surface area contributed by atoms with Crippen LogP contribution in [0.4, 0.5) is 4.79 Å². The molecule has 3 rings (SSSR count). The molecule has 0 bridgehead atoms. The zero-order chi connectivity index (χ0) is 34.0. The Morgan fingerprint density at radius 1 is 0.447 bits per heavy atom. The first-order valence-corrected chi connectivity index (χ1v) is 20.1. The second kappa shape index (κ2) is 26.3. The number of unbranched alkanes of at least 4 members (excludes halogenated alkanes) is 15. The Morgan fingerprint density at radius 2 is 0.660 bits per heavy atom. The molecule has 0 aromatic heterocycles. The lowest BCUT2D eigenvalue weighted by Gasteiger charge is -2.11. The maximum atomic E-state index is 8.44. The fraction of sp³-hybridized carbons (Fsp3) is 0.558. The molecule has 0 radical (unpaired) electrons. The maximum absolute atomic E-state index is 8.44. The standard InChI is InChI=1S/C42H63S.CH2O3/c1-4-7-10-13-16-19-22-37-25-31-40(32-26-37)43(41-33-27-38(28-34-41)23-20-17-14-11-8-5-2)42-35-29-39(30-36-42)24-21-18-15-12-9-6-3;2-1(3)4/h25-36H,4-24H2,1-3H3;(H2,2,3,4)/q+1;/p-1. The molecule has 260 valence electrons. The highest BCUT2D eigenvalue weighted by atomic mass is 32.2. The molecular formula is C43H64O3S. The minimum atomic E-state index is -2.08. The number of aryl methyl sites for hydroxylation is 3. The summed E-state index contributed by atoms with van der Waals surface area (Å²) in [5, 5.41) is 15.3. The molecule has 0 amide bonds. The average Bonchev–Trinajstić information content (AvgIpc) is 3.08. The van der Waals surface area contributed by atoms with Gasteiger partial charge in [-0.05, 0) is 91.6 Å². The maximum Gasteiger partial charge on any atom is 0.249 e. The lowest BCUT2D eigenvalue weighted by molar-refractivity contribution is -0.275. The summed E-state index contributed by atoms with van der Waals surface area (Å²) in [5.41, 5.74) is 4.48. The summed E-state index contributed by atoms with van der Waals surface area (Å²) in [5.74, 6) is 0. The van der Waals surface area contributed by atoms with Crippen LogP contribution in [0.25, 0.3) is 0 Å². The van der Waals surface area contributed by atoms with Gasteiger partial charge in [0.05, 0.1) is 10.9 Å². The number of hydrogen-bond donors (Lipinski definition) is 1. The van der Waals surface area contributed by atoms with Gasteiger partial charge in [0.15, 0.2) is 14.7 Å². The molecule has 0 aliphatic rings. The molecule has 0 spiro atoms. The summed E-state index contributed by atoms with van der Waals surface area (Å²) in [6, 6.07) is 28.9. The van der Waals surface area contributed by atoms with Gasteiger partial charge in [-0.2, -0.15) is 0 Å². The van der Waals surface area contributed by atoms with Gasteiger partial charge in [-0.3, -0.25) is 0 Å². The van der Waals surface area contributed by atoms with E-state index >= 15 is 0 Å². The molecule has 3 aromatic carbocycles. The van der Waals surface area contributed by atoms with E-state index in [9.17, 15) is 0 Å². The van der Waals surface area contributed by atoms with E-state index in [2.05, 4.69) is 93.6 Å². The van der Waals surface area contributed by atoms with Crippen LogP contribution in [-0.2, 0) is 30.2 Å². The topological polar surface area (TPSA) is 60.4 Å². The fourth-order valence-electron chi connectivity index (χ4n) is 6.11. The van der Waals surface area contributed by atoms with Gasteiger partial charge in [-0.1, -0.05) is 153 Å². The summed E-state index contributed by atoms with van der Waals surface area (Å²) < 4.78 is 0. The van der Waals surface area contributed by atoms with E-state index < -0.39 is 6.16 Å². The van der Waals surface area contributed by atoms with E-state index in [1.54, 1.807) is 0 Å². The molecule has 3 nitrogen and oxygen atoms in total. The second-order valence-electron chi connectivity index (χ2n) is 13.1. The highest BCUT2D eigenvalue weighted by Crippen LogP contribution is 2.32. The molecule has 47 heavy (non-hydrogen) atoms. The molecule has 0 saturated carbocycles. The largest absolute Gasteiger partial charge is 0.565 e. The van der Waals surface area contributed by atoms with Gasteiger partial charge in [-0.15, -0.1) is 0 Å². The van der Waals surface area contributed by atoms with E-state index in [4.69, 9.17) is 15.0 Å². The Hall–Kier alpha value is -2.72. The first kappa shape index (κ1) is 40.5. The van der Waals surface area contributed by atoms with Crippen LogP contribution < -0.4 is 5.11 Å². The predicted molar refractivity (Wildman–Crippen MR) is 201 cm³/mol. The third kappa shape index (κ3) is 18.4. The van der Waals surface area contributed by atoms with Crippen molar-refractivity contribution in [3.63, 3.8) is 0 Å². The van der Waals surface area contributed by atoms with Crippen molar-refractivity contribution in [2.75, 3.05) is 0 Å². The van der Waals surface area contributed by atoms with Crippen molar-refractivity contribution < 1.29 is 15.0 Å². The molecule has 0 saturated heterocycles. The summed E-state index contributed by atoms with van der Waals surface area (Å²) in [7, 11) is -0.0729. The van der Waals surface area contributed by atoms with E-state index in [0.29, 0.717) is 0 Å². The van der Waals surface area contributed by atoms with E-state index in [1.165, 1.54) is 166 Å². The van der Waals surface area contributed by atoms with Gasteiger partial charge in [0, 0.05) is 0 Å². The van der Waals surface area contributed by atoms with Crippen LogP contribution in [0.15, 0.2) is 87.5 Å². The molecule has 0 atom stereocenters. The molecular weight excluding hydrogens is 597 g/mol. The SMILES string of the molecule is CCCCCCCCc1ccc([S+](c2ccc(CCCCCCCC)cc2)c2ccc(CCCCCCCC)cc2)cc1.O=C([O-])O. The monoisotopic (exact) mass is 660 g/mol. The molecule has 0 fully saturated rings. The molecule has 0 heterocycles. The van der Waals surface area contributed by atoms with E-state index in [1.807, 2.05) is 0 Å². The Bertz CT molecular complexity index is 1030. The van der Waals surface area contributed by atoms with Crippen LogP contribution in [0.2, 0.25) is 0 Å². The van der Waals surface area contributed by atoms with Gasteiger partial charge in [0.25, 0.3) is 0 Å². The lowest BCUT2D eigenvalue weighted by Crippen LogP contribution is -2.17. The number of hydrogen-bond acceptors (Lipinski definition) is 2. The van der Waals surface area contributed by atoms with Crippen molar-refractivity contribution in [1.29, 1.82) is 0 Å². The van der Waals surface area contributed by atoms with Crippen LogP contribution >= 0.6 is 0 Å². The Balaban J connectivity index is 0.00000181. The van der Waals surface area contributed by atoms with Crippen molar-refractivity contribution >= 4 is 17.1 Å². The predicted octanol–water partition coefficient (Wildman–Crippen LogP) is 12.4. The van der Waals surface area contributed by atoms with Crippen molar-refractivity contribution in [3.8, 4) is 0 Å². The Kier molecular flexibility index (Phi) is 22.6. The van der Waals surface area contributed by atoms with Gasteiger partial charge >= 0.3 is 0 Å². The summed E-state index contributed by atoms with van der Waals surface area (Å²) in [6.07, 6.45) is 26.1. The minimum Gasteiger partial charge on any atom is -0.565 e. The van der Waals surface area contributed by atoms with Gasteiger partial charge < -0.3 is 15.0 Å². The van der Waals surface area contributed by atoms with Gasteiger partial charge in [0.2, 0.25) is 6.16 Å². The van der Waals surface area contributed by atoms with Crippen LogP contribution in [0, 0.1) is 0 Å². The van der Waals surface area contributed by atoms with E-state index in [0.717, 1.165) is 0 Å². The van der Waals surface area contributed by atoms with Gasteiger partial charge in [-0.25, -0.2) is 0 Å². The quantitative estimate of drug-likeness (QED) is 0.0768.